The highest BCUT2D eigenvalue weighted by Crippen LogP contribution is 2.23. The Morgan fingerprint density at radius 3 is 2.47 bits per heavy atom. The number of fused-ring (bicyclic) bond motifs is 1. The van der Waals surface area contributed by atoms with E-state index >= 15 is 0 Å². The maximum atomic E-state index is 12.2. The molecule has 1 aromatic heterocycles. The van der Waals surface area contributed by atoms with Gasteiger partial charge in [0.15, 0.2) is 0 Å². The van der Waals surface area contributed by atoms with Crippen molar-refractivity contribution in [1.29, 1.82) is 0 Å². The van der Waals surface area contributed by atoms with Gasteiger partial charge in [-0.1, -0.05) is 18.2 Å². The van der Waals surface area contributed by atoms with Crippen LogP contribution in [0.25, 0.3) is 10.9 Å². The molecule has 0 aliphatic carbocycles. The number of H-pyrrole nitrogens is 1. The van der Waals surface area contributed by atoms with Gasteiger partial charge in [0, 0.05) is 23.6 Å². The van der Waals surface area contributed by atoms with E-state index in [9.17, 15) is 26.4 Å². The smallest absolute Gasteiger partial charge is 0.406 e. The van der Waals surface area contributed by atoms with Crippen LogP contribution in [0.1, 0.15) is 5.56 Å². The Labute approximate surface area is 170 Å². The number of benzene rings is 2. The minimum absolute atomic E-state index is 0.288. The second-order valence-corrected chi connectivity index (χ2v) is 8.07. The average Bonchev–Trinajstić information content (AvgIpc) is 3.09. The van der Waals surface area contributed by atoms with Gasteiger partial charge < -0.3 is 15.0 Å². The number of carbonyl (C=O) groups is 1. The molecule has 3 N–H and O–H groups in total. The maximum absolute atomic E-state index is 12.2. The van der Waals surface area contributed by atoms with E-state index in [4.69, 9.17) is 0 Å². The number of amides is 1. The molecule has 7 nitrogen and oxygen atoms in total. The number of halogens is 3. The summed E-state index contributed by atoms with van der Waals surface area (Å²) in [5, 5.41) is 3.67. The van der Waals surface area contributed by atoms with Gasteiger partial charge in [-0.25, -0.2) is 13.1 Å². The van der Waals surface area contributed by atoms with Gasteiger partial charge >= 0.3 is 6.36 Å². The SMILES string of the molecule is O=C(CNS(=O)(=O)c1ccc(OC(F)(F)F)cc1)NCCc1c[nH]c2ccccc12. The lowest BCUT2D eigenvalue weighted by Crippen LogP contribution is -2.37. The molecule has 3 aromatic rings. The lowest BCUT2D eigenvalue weighted by atomic mass is 10.1. The van der Waals surface area contributed by atoms with Crippen molar-refractivity contribution in [2.75, 3.05) is 13.1 Å². The number of carbonyl (C=O) groups excluding carboxylic acids is 1. The second-order valence-electron chi connectivity index (χ2n) is 6.30. The third-order valence-corrected chi connectivity index (χ3v) is 5.60. The zero-order chi connectivity index (χ0) is 21.8. The maximum Gasteiger partial charge on any atom is 0.573 e. The number of alkyl halides is 3. The van der Waals surface area contributed by atoms with Crippen LogP contribution in [0, 0.1) is 0 Å². The Morgan fingerprint density at radius 1 is 1.07 bits per heavy atom. The molecule has 0 unspecified atom stereocenters. The summed E-state index contributed by atoms with van der Waals surface area (Å²) in [6.45, 7) is -0.192. The highest BCUT2D eigenvalue weighted by atomic mass is 32.2. The van der Waals surface area contributed by atoms with Crippen LogP contribution in [-0.4, -0.2) is 38.8 Å². The zero-order valence-corrected chi connectivity index (χ0v) is 16.3. The molecule has 2 aromatic carbocycles. The third-order valence-electron chi connectivity index (χ3n) is 4.18. The first-order valence-electron chi connectivity index (χ1n) is 8.81. The zero-order valence-electron chi connectivity index (χ0n) is 15.5. The van der Waals surface area contributed by atoms with Crippen LogP contribution in [0.4, 0.5) is 13.2 Å². The number of ether oxygens (including phenoxy) is 1. The average molecular weight is 441 g/mol. The van der Waals surface area contributed by atoms with Crippen LogP contribution < -0.4 is 14.8 Å². The molecule has 160 valence electrons. The highest BCUT2D eigenvalue weighted by Gasteiger charge is 2.31. The largest absolute Gasteiger partial charge is 0.573 e. The number of aromatic amines is 1. The fourth-order valence-electron chi connectivity index (χ4n) is 2.80. The summed E-state index contributed by atoms with van der Waals surface area (Å²) in [5.74, 6) is -1.08. The van der Waals surface area contributed by atoms with Crippen molar-refractivity contribution in [1.82, 2.24) is 15.0 Å². The van der Waals surface area contributed by atoms with Crippen LogP contribution in [-0.2, 0) is 21.2 Å². The highest BCUT2D eigenvalue weighted by molar-refractivity contribution is 7.89. The lowest BCUT2D eigenvalue weighted by molar-refractivity contribution is -0.274. The van der Waals surface area contributed by atoms with Gasteiger partial charge in [0.25, 0.3) is 0 Å². The monoisotopic (exact) mass is 441 g/mol. The predicted molar refractivity (Wildman–Crippen MR) is 103 cm³/mol. The molecule has 11 heteroatoms. The molecule has 0 atom stereocenters. The fourth-order valence-corrected chi connectivity index (χ4v) is 3.78. The molecule has 30 heavy (non-hydrogen) atoms. The quantitative estimate of drug-likeness (QED) is 0.500. The summed E-state index contributed by atoms with van der Waals surface area (Å²) in [4.78, 5) is 14.8. The van der Waals surface area contributed by atoms with Gasteiger partial charge in [-0.05, 0) is 42.3 Å². The Kier molecular flexibility index (Phi) is 6.32. The van der Waals surface area contributed by atoms with E-state index in [0.717, 1.165) is 40.7 Å². The van der Waals surface area contributed by atoms with E-state index in [-0.39, 0.29) is 4.90 Å². The van der Waals surface area contributed by atoms with Crippen molar-refractivity contribution in [3.63, 3.8) is 0 Å². The molecule has 0 saturated heterocycles. The fraction of sp³-hybridized carbons (Fsp3) is 0.211. The van der Waals surface area contributed by atoms with Crippen LogP contribution in [0.15, 0.2) is 59.6 Å². The Balaban J connectivity index is 1.48. The molecule has 0 spiro atoms. The first-order valence-corrected chi connectivity index (χ1v) is 10.3. The first-order chi connectivity index (χ1) is 14.1. The number of aromatic nitrogens is 1. The molecule has 0 saturated carbocycles. The summed E-state index contributed by atoms with van der Waals surface area (Å²) >= 11 is 0. The van der Waals surface area contributed by atoms with E-state index in [1.54, 1.807) is 0 Å². The predicted octanol–water partition coefficient (Wildman–Crippen LogP) is 2.70. The van der Waals surface area contributed by atoms with Gasteiger partial charge in [-0.2, -0.15) is 0 Å². The molecular weight excluding hydrogens is 423 g/mol. The molecular formula is C19H18F3N3O4S. The molecule has 1 amide bonds. The van der Waals surface area contributed by atoms with Gasteiger partial charge in [0.05, 0.1) is 11.4 Å². The van der Waals surface area contributed by atoms with E-state index in [0.29, 0.717) is 13.0 Å². The van der Waals surface area contributed by atoms with E-state index in [2.05, 4.69) is 19.8 Å². The Bertz CT molecular complexity index is 1130. The number of nitrogens with one attached hydrogen (secondary N) is 3. The number of rotatable bonds is 8. The van der Waals surface area contributed by atoms with E-state index < -0.39 is 34.6 Å². The van der Waals surface area contributed by atoms with E-state index in [1.807, 2.05) is 30.5 Å². The van der Waals surface area contributed by atoms with Crippen LogP contribution in [0.5, 0.6) is 5.75 Å². The van der Waals surface area contributed by atoms with Gasteiger partial charge in [-0.15, -0.1) is 13.2 Å². The molecule has 1 heterocycles. The molecule has 3 rings (SSSR count). The van der Waals surface area contributed by atoms with Gasteiger partial charge in [0.2, 0.25) is 15.9 Å². The summed E-state index contributed by atoms with van der Waals surface area (Å²) in [7, 11) is -4.07. The number of hydrogen-bond acceptors (Lipinski definition) is 4. The van der Waals surface area contributed by atoms with Crippen molar-refractivity contribution >= 4 is 26.8 Å². The van der Waals surface area contributed by atoms with Crippen LogP contribution in [0.2, 0.25) is 0 Å². The minimum atomic E-state index is -4.87. The van der Waals surface area contributed by atoms with Crippen LogP contribution >= 0.6 is 0 Å². The van der Waals surface area contributed by atoms with E-state index in [1.165, 1.54) is 0 Å². The molecule has 0 aliphatic rings. The van der Waals surface area contributed by atoms with Crippen molar-refractivity contribution in [2.24, 2.45) is 0 Å². The third kappa shape index (κ3) is 5.74. The topological polar surface area (TPSA) is 100 Å². The lowest BCUT2D eigenvalue weighted by Gasteiger charge is -2.10. The Morgan fingerprint density at radius 2 is 1.77 bits per heavy atom. The van der Waals surface area contributed by atoms with Crippen molar-refractivity contribution < 1.29 is 31.1 Å². The first kappa shape index (κ1) is 21.7. The second kappa shape index (κ2) is 8.76. The van der Waals surface area contributed by atoms with Crippen molar-refractivity contribution in [3.05, 3.63) is 60.3 Å². The summed E-state index contributed by atoms with van der Waals surface area (Å²) in [6.07, 6.45) is -2.46. The van der Waals surface area contributed by atoms with Crippen molar-refractivity contribution in [2.45, 2.75) is 17.7 Å². The number of hydrogen-bond donors (Lipinski definition) is 3. The summed E-state index contributed by atoms with van der Waals surface area (Å²) < 4.78 is 66.6. The molecule has 0 fully saturated rings. The normalized spacial score (nSPS) is 12.1. The van der Waals surface area contributed by atoms with Crippen LogP contribution in [0.3, 0.4) is 0 Å². The molecule has 0 radical (unpaired) electrons. The molecule has 0 aliphatic heterocycles. The summed E-state index contributed by atoms with van der Waals surface area (Å²) in [5.41, 5.74) is 2.01. The van der Waals surface area contributed by atoms with Gasteiger partial charge in [0.1, 0.15) is 5.75 Å². The summed E-state index contributed by atoms with van der Waals surface area (Å²) in [6, 6.07) is 11.4. The Hall–Kier alpha value is -3.05. The number of sulfonamides is 1. The minimum Gasteiger partial charge on any atom is -0.406 e. The molecule has 0 bridgehead atoms. The van der Waals surface area contributed by atoms with Crippen molar-refractivity contribution in [3.8, 4) is 5.75 Å². The standard InChI is InChI=1S/C19H18F3N3O4S/c20-19(21,22)29-14-5-7-15(8-6-14)30(27,28)25-12-18(26)23-10-9-13-11-24-17-4-2-1-3-16(13)17/h1-8,11,24-25H,9-10,12H2,(H,23,26). The number of para-hydroxylation sites is 1. The van der Waals surface area contributed by atoms with Gasteiger partial charge in [-0.3, -0.25) is 4.79 Å².